The van der Waals surface area contributed by atoms with Gasteiger partial charge in [0.1, 0.15) is 5.82 Å². The Bertz CT molecular complexity index is 729. The van der Waals surface area contributed by atoms with E-state index in [2.05, 4.69) is 21.2 Å². The molecule has 26 heavy (non-hydrogen) atoms. The number of hydrogen-bond acceptors (Lipinski definition) is 4. The minimum Gasteiger partial charge on any atom is -0.351 e. The minimum atomic E-state index is -0.267. The van der Waals surface area contributed by atoms with Gasteiger partial charge in [-0.2, -0.15) is 0 Å². The summed E-state index contributed by atoms with van der Waals surface area (Å²) in [5, 5.41) is 2.94. The molecule has 3 rings (SSSR count). The van der Waals surface area contributed by atoms with Crippen molar-refractivity contribution in [2.24, 2.45) is 0 Å². The van der Waals surface area contributed by atoms with Crippen molar-refractivity contribution in [1.29, 1.82) is 0 Å². The van der Waals surface area contributed by atoms with E-state index in [1.54, 1.807) is 23.5 Å². The molecule has 1 fully saturated rings. The summed E-state index contributed by atoms with van der Waals surface area (Å²) in [5.41, 5.74) is 0.895. The van der Waals surface area contributed by atoms with Crippen LogP contribution in [0.3, 0.4) is 0 Å². The number of piperazine rings is 1. The maximum atomic E-state index is 12.9. The normalized spacial score (nSPS) is 17.2. The van der Waals surface area contributed by atoms with Gasteiger partial charge in [0.25, 0.3) is 0 Å². The van der Waals surface area contributed by atoms with Gasteiger partial charge in [-0.1, -0.05) is 23.7 Å². The van der Waals surface area contributed by atoms with E-state index < -0.39 is 0 Å². The molecular formula is C19H23ClFN3OS. The number of hydrogen-bond donors (Lipinski definition) is 1. The molecule has 1 N–H and O–H groups in total. The van der Waals surface area contributed by atoms with E-state index in [9.17, 15) is 9.18 Å². The first-order chi connectivity index (χ1) is 12.5. The first-order valence-electron chi connectivity index (χ1n) is 8.74. The quantitative estimate of drug-likeness (QED) is 0.814. The molecule has 0 radical (unpaired) electrons. The third-order valence-corrected chi connectivity index (χ3v) is 5.94. The van der Waals surface area contributed by atoms with Crippen LogP contribution in [0.5, 0.6) is 0 Å². The van der Waals surface area contributed by atoms with Gasteiger partial charge in [-0.3, -0.25) is 14.6 Å². The first kappa shape index (κ1) is 19.3. The van der Waals surface area contributed by atoms with Crippen LogP contribution in [-0.2, 0) is 17.9 Å². The van der Waals surface area contributed by atoms with Gasteiger partial charge in [0.15, 0.2) is 0 Å². The topological polar surface area (TPSA) is 35.6 Å². The fourth-order valence-electron chi connectivity index (χ4n) is 3.07. The van der Waals surface area contributed by atoms with Gasteiger partial charge >= 0.3 is 0 Å². The van der Waals surface area contributed by atoms with Gasteiger partial charge in [0.2, 0.25) is 5.91 Å². The average molecular weight is 396 g/mol. The Labute approximate surface area is 162 Å². The van der Waals surface area contributed by atoms with Crippen molar-refractivity contribution in [3.05, 3.63) is 57.0 Å². The summed E-state index contributed by atoms with van der Waals surface area (Å²) in [6, 6.07) is 10.0. The maximum Gasteiger partial charge on any atom is 0.237 e. The summed E-state index contributed by atoms with van der Waals surface area (Å²) < 4.78 is 13.7. The van der Waals surface area contributed by atoms with E-state index in [4.69, 9.17) is 11.6 Å². The number of carbonyl (C=O) groups is 1. The molecular weight excluding hydrogens is 373 g/mol. The predicted octanol–water partition coefficient (Wildman–Crippen LogP) is 3.36. The number of carbonyl (C=O) groups excluding carboxylic acids is 1. The molecule has 2 heterocycles. The van der Waals surface area contributed by atoms with E-state index in [-0.39, 0.29) is 17.8 Å². The maximum absolute atomic E-state index is 12.9. The Kier molecular flexibility index (Phi) is 6.64. The molecule has 0 unspecified atom stereocenters. The standard InChI is InChI=1S/C19H23ClFN3OS/c1-14(19(25)22-12-15-2-4-16(21)5-3-15)24-10-8-23(9-11-24)13-17-6-7-18(20)26-17/h2-7,14H,8-13H2,1H3,(H,22,25)/t14-/m1/s1. The van der Waals surface area contributed by atoms with Crippen molar-refractivity contribution >= 4 is 28.8 Å². The molecule has 0 spiro atoms. The van der Waals surface area contributed by atoms with Gasteiger partial charge in [-0.15, -0.1) is 11.3 Å². The van der Waals surface area contributed by atoms with Crippen LogP contribution in [0.4, 0.5) is 4.39 Å². The number of nitrogens with zero attached hydrogens (tertiary/aromatic N) is 2. The largest absolute Gasteiger partial charge is 0.351 e. The van der Waals surface area contributed by atoms with Gasteiger partial charge < -0.3 is 5.32 Å². The molecule has 0 aliphatic carbocycles. The second kappa shape index (κ2) is 8.95. The summed E-state index contributed by atoms with van der Waals surface area (Å²) in [7, 11) is 0. The molecule has 1 aliphatic heterocycles. The van der Waals surface area contributed by atoms with Crippen LogP contribution in [0.25, 0.3) is 0 Å². The number of amides is 1. The lowest BCUT2D eigenvalue weighted by Gasteiger charge is -2.37. The van der Waals surface area contributed by atoms with Crippen LogP contribution in [0, 0.1) is 5.82 Å². The highest BCUT2D eigenvalue weighted by molar-refractivity contribution is 7.16. The third kappa shape index (κ3) is 5.27. The molecule has 2 aromatic rings. The highest BCUT2D eigenvalue weighted by atomic mass is 35.5. The zero-order chi connectivity index (χ0) is 18.5. The molecule has 0 bridgehead atoms. The van der Waals surface area contributed by atoms with E-state index in [1.165, 1.54) is 17.0 Å². The Morgan fingerprint density at radius 2 is 1.88 bits per heavy atom. The second-order valence-corrected chi connectivity index (χ2v) is 8.34. The zero-order valence-corrected chi connectivity index (χ0v) is 16.3. The van der Waals surface area contributed by atoms with Crippen molar-refractivity contribution < 1.29 is 9.18 Å². The highest BCUT2D eigenvalue weighted by Gasteiger charge is 2.25. The van der Waals surface area contributed by atoms with E-state index >= 15 is 0 Å². The fourth-order valence-corrected chi connectivity index (χ4v) is 4.20. The summed E-state index contributed by atoms with van der Waals surface area (Å²) >= 11 is 7.61. The molecule has 4 nitrogen and oxygen atoms in total. The number of halogens is 2. The number of thiophene rings is 1. The first-order valence-corrected chi connectivity index (χ1v) is 9.93. The monoisotopic (exact) mass is 395 g/mol. The molecule has 0 saturated carbocycles. The average Bonchev–Trinajstić information content (AvgIpc) is 3.06. The Morgan fingerprint density at radius 1 is 1.19 bits per heavy atom. The SMILES string of the molecule is C[C@H](C(=O)NCc1ccc(F)cc1)N1CCN(Cc2ccc(Cl)s2)CC1. The minimum absolute atomic E-state index is 0.00723. The van der Waals surface area contributed by atoms with Gasteiger partial charge in [-0.25, -0.2) is 4.39 Å². The van der Waals surface area contributed by atoms with Gasteiger partial charge in [0.05, 0.1) is 10.4 Å². The zero-order valence-electron chi connectivity index (χ0n) is 14.8. The van der Waals surface area contributed by atoms with Gasteiger partial charge in [-0.05, 0) is 36.8 Å². The second-order valence-electron chi connectivity index (χ2n) is 6.54. The molecule has 1 amide bonds. The molecule has 1 atom stereocenters. The van der Waals surface area contributed by atoms with Crippen LogP contribution in [0.2, 0.25) is 4.34 Å². The molecule has 1 saturated heterocycles. The molecule has 1 aromatic carbocycles. The van der Waals surface area contributed by atoms with Crippen LogP contribution in [-0.4, -0.2) is 47.9 Å². The molecule has 1 aliphatic rings. The Hall–Kier alpha value is -1.47. The summed E-state index contributed by atoms with van der Waals surface area (Å²) in [6.45, 7) is 6.87. The molecule has 7 heteroatoms. The van der Waals surface area contributed by atoms with Crippen molar-refractivity contribution in [2.75, 3.05) is 26.2 Å². The van der Waals surface area contributed by atoms with Crippen LogP contribution < -0.4 is 5.32 Å². The number of rotatable bonds is 6. The predicted molar refractivity (Wildman–Crippen MR) is 104 cm³/mol. The lowest BCUT2D eigenvalue weighted by molar-refractivity contribution is -0.126. The summed E-state index contributed by atoms with van der Waals surface area (Å²) in [4.78, 5) is 18.3. The van der Waals surface area contributed by atoms with Crippen LogP contribution >= 0.6 is 22.9 Å². The van der Waals surface area contributed by atoms with Crippen molar-refractivity contribution in [3.63, 3.8) is 0 Å². The van der Waals surface area contributed by atoms with Gasteiger partial charge in [0, 0.05) is 44.1 Å². The van der Waals surface area contributed by atoms with E-state index in [1.807, 2.05) is 13.0 Å². The van der Waals surface area contributed by atoms with Crippen molar-refractivity contribution in [3.8, 4) is 0 Å². The van der Waals surface area contributed by atoms with Crippen molar-refractivity contribution in [2.45, 2.75) is 26.1 Å². The Morgan fingerprint density at radius 3 is 2.50 bits per heavy atom. The number of nitrogens with one attached hydrogen (secondary N) is 1. The summed E-state index contributed by atoms with van der Waals surface area (Å²) in [6.07, 6.45) is 0. The number of benzene rings is 1. The molecule has 1 aromatic heterocycles. The Balaban J connectivity index is 1.42. The lowest BCUT2D eigenvalue weighted by atomic mass is 10.2. The fraction of sp³-hybridized carbons (Fsp3) is 0.421. The third-order valence-electron chi connectivity index (χ3n) is 4.72. The van der Waals surface area contributed by atoms with Crippen LogP contribution in [0.15, 0.2) is 36.4 Å². The van der Waals surface area contributed by atoms with Crippen LogP contribution in [0.1, 0.15) is 17.4 Å². The lowest BCUT2D eigenvalue weighted by Crippen LogP contribution is -2.53. The van der Waals surface area contributed by atoms with Crippen molar-refractivity contribution in [1.82, 2.24) is 15.1 Å². The smallest absolute Gasteiger partial charge is 0.237 e. The highest BCUT2D eigenvalue weighted by Crippen LogP contribution is 2.23. The summed E-state index contributed by atoms with van der Waals surface area (Å²) in [5.74, 6) is -0.260. The van der Waals surface area contributed by atoms with E-state index in [0.29, 0.717) is 6.54 Å². The van der Waals surface area contributed by atoms with E-state index in [0.717, 1.165) is 42.6 Å². The molecule has 140 valence electrons.